The van der Waals surface area contributed by atoms with Crippen molar-refractivity contribution in [3.05, 3.63) is 36.0 Å². The average molecular weight is 273 g/mol. The highest BCUT2D eigenvalue weighted by molar-refractivity contribution is 5.97. The number of H-pyrrole nitrogens is 1. The number of carbonyl (C=O) groups is 2. The van der Waals surface area contributed by atoms with Gasteiger partial charge in [0.25, 0.3) is 0 Å². The molecule has 2 atom stereocenters. The van der Waals surface area contributed by atoms with Crippen LogP contribution >= 0.6 is 0 Å². The van der Waals surface area contributed by atoms with Gasteiger partial charge in [-0.2, -0.15) is 0 Å². The Hall–Kier alpha value is -2.34. The van der Waals surface area contributed by atoms with Gasteiger partial charge in [-0.05, 0) is 11.6 Å². The summed E-state index contributed by atoms with van der Waals surface area (Å²) in [4.78, 5) is 26.7. The van der Waals surface area contributed by atoms with E-state index in [1.165, 1.54) is 0 Å². The fraction of sp³-hybridized carbons (Fsp3) is 0.286. The van der Waals surface area contributed by atoms with Crippen molar-refractivity contribution in [2.45, 2.75) is 18.5 Å². The third-order valence-electron chi connectivity index (χ3n) is 3.55. The van der Waals surface area contributed by atoms with Crippen LogP contribution in [0.3, 0.4) is 0 Å². The zero-order valence-corrected chi connectivity index (χ0v) is 10.7. The van der Waals surface area contributed by atoms with Gasteiger partial charge in [0.15, 0.2) is 0 Å². The van der Waals surface area contributed by atoms with Gasteiger partial charge in [-0.15, -0.1) is 0 Å². The number of aromatic amines is 1. The number of aromatic nitrogens is 1. The summed E-state index contributed by atoms with van der Waals surface area (Å²) in [5.41, 5.74) is 1.97. The van der Waals surface area contributed by atoms with Crippen molar-refractivity contribution in [3.63, 3.8) is 0 Å². The van der Waals surface area contributed by atoms with Crippen LogP contribution in [0.25, 0.3) is 10.9 Å². The number of aliphatic hydroxyl groups excluding tert-OH is 1. The van der Waals surface area contributed by atoms with Crippen molar-refractivity contribution in [2.24, 2.45) is 0 Å². The largest absolute Gasteiger partial charge is 0.394 e. The molecular formula is C14H15N3O3. The minimum absolute atomic E-state index is 0.270. The van der Waals surface area contributed by atoms with Crippen LogP contribution in [0.15, 0.2) is 30.5 Å². The predicted octanol–water partition coefficient (Wildman–Crippen LogP) is -0.314. The summed E-state index contributed by atoms with van der Waals surface area (Å²) < 4.78 is 0. The summed E-state index contributed by atoms with van der Waals surface area (Å²) >= 11 is 0. The molecule has 6 heteroatoms. The molecule has 0 spiro atoms. The molecule has 4 N–H and O–H groups in total. The molecule has 1 fully saturated rings. The molecule has 0 radical (unpaired) electrons. The van der Waals surface area contributed by atoms with Crippen LogP contribution in [0.1, 0.15) is 5.56 Å². The normalized spacial score (nSPS) is 22.6. The van der Waals surface area contributed by atoms with E-state index in [0.717, 1.165) is 16.5 Å². The minimum Gasteiger partial charge on any atom is -0.394 e. The minimum atomic E-state index is -0.846. The lowest BCUT2D eigenvalue weighted by Crippen LogP contribution is -2.63. The van der Waals surface area contributed by atoms with E-state index in [2.05, 4.69) is 15.6 Å². The van der Waals surface area contributed by atoms with Crippen LogP contribution in [-0.2, 0) is 16.0 Å². The topological polar surface area (TPSA) is 94.2 Å². The molecule has 1 aromatic heterocycles. The molecule has 2 amide bonds. The molecule has 1 aliphatic rings. The van der Waals surface area contributed by atoms with Crippen molar-refractivity contribution in [3.8, 4) is 0 Å². The second kappa shape index (κ2) is 4.97. The molecule has 0 unspecified atom stereocenters. The van der Waals surface area contributed by atoms with Gasteiger partial charge < -0.3 is 20.7 Å². The Bertz CT molecular complexity index is 664. The molecular weight excluding hydrogens is 258 g/mol. The quantitative estimate of drug-likeness (QED) is 0.617. The lowest BCUT2D eigenvalue weighted by atomic mass is 10.0. The number of para-hydroxylation sites is 1. The second-order valence-electron chi connectivity index (χ2n) is 4.87. The van der Waals surface area contributed by atoms with Crippen LogP contribution < -0.4 is 10.6 Å². The zero-order chi connectivity index (χ0) is 14.1. The van der Waals surface area contributed by atoms with Gasteiger partial charge in [-0.3, -0.25) is 9.59 Å². The molecule has 0 bridgehead atoms. The van der Waals surface area contributed by atoms with Crippen molar-refractivity contribution >= 4 is 22.7 Å². The molecule has 1 saturated heterocycles. The number of fused-ring (bicyclic) bond motifs is 1. The zero-order valence-electron chi connectivity index (χ0n) is 10.7. The first-order valence-electron chi connectivity index (χ1n) is 6.45. The first-order valence-corrected chi connectivity index (χ1v) is 6.45. The highest BCUT2D eigenvalue weighted by atomic mass is 16.3. The Morgan fingerprint density at radius 1 is 1.05 bits per heavy atom. The monoisotopic (exact) mass is 273 g/mol. The molecule has 20 heavy (non-hydrogen) atoms. The highest BCUT2D eigenvalue weighted by Gasteiger charge is 2.33. The summed E-state index contributed by atoms with van der Waals surface area (Å²) in [6, 6.07) is 6.34. The SMILES string of the molecule is O=C1N[C@@H](Cc2c[nH]c3ccccc23)C(=O)N[C@H]1CO. The van der Waals surface area contributed by atoms with Crippen LogP contribution in [0.5, 0.6) is 0 Å². The Kier molecular flexibility index (Phi) is 3.15. The van der Waals surface area contributed by atoms with Crippen molar-refractivity contribution in [1.82, 2.24) is 15.6 Å². The fourth-order valence-electron chi connectivity index (χ4n) is 2.47. The number of piperazine rings is 1. The van der Waals surface area contributed by atoms with Crippen molar-refractivity contribution in [2.75, 3.05) is 6.61 Å². The summed E-state index contributed by atoms with van der Waals surface area (Å²) in [7, 11) is 0. The molecule has 1 aliphatic heterocycles. The summed E-state index contributed by atoms with van der Waals surface area (Å²) in [5, 5.41) is 15.2. The van der Waals surface area contributed by atoms with E-state index in [1.54, 1.807) is 0 Å². The number of benzene rings is 1. The first kappa shape index (κ1) is 12.7. The van der Waals surface area contributed by atoms with Gasteiger partial charge in [0, 0.05) is 23.5 Å². The van der Waals surface area contributed by atoms with E-state index in [1.807, 2.05) is 30.5 Å². The van der Waals surface area contributed by atoms with E-state index >= 15 is 0 Å². The predicted molar refractivity (Wildman–Crippen MR) is 72.9 cm³/mol. The molecule has 0 aliphatic carbocycles. The van der Waals surface area contributed by atoms with Crippen LogP contribution in [0, 0.1) is 0 Å². The first-order chi connectivity index (χ1) is 9.69. The fourth-order valence-corrected chi connectivity index (χ4v) is 2.47. The number of aliphatic hydroxyl groups is 1. The van der Waals surface area contributed by atoms with E-state index in [4.69, 9.17) is 5.11 Å². The highest BCUT2D eigenvalue weighted by Crippen LogP contribution is 2.19. The maximum Gasteiger partial charge on any atom is 0.245 e. The molecule has 2 heterocycles. The van der Waals surface area contributed by atoms with E-state index < -0.39 is 18.7 Å². The Labute approximate surface area is 115 Å². The third kappa shape index (κ3) is 2.14. The number of amides is 2. The maximum absolute atomic E-state index is 11.9. The van der Waals surface area contributed by atoms with Gasteiger partial charge in [-0.1, -0.05) is 18.2 Å². The molecule has 2 aromatic rings. The van der Waals surface area contributed by atoms with E-state index in [-0.39, 0.29) is 11.8 Å². The van der Waals surface area contributed by atoms with Crippen molar-refractivity contribution in [1.29, 1.82) is 0 Å². The second-order valence-corrected chi connectivity index (χ2v) is 4.87. The number of hydrogen-bond donors (Lipinski definition) is 4. The number of rotatable bonds is 3. The summed E-state index contributed by atoms with van der Waals surface area (Å²) in [6.07, 6.45) is 2.27. The molecule has 0 saturated carbocycles. The van der Waals surface area contributed by atoms with Gasteiger partial charge in [0.2, 0.25) is 11.8 Å². The van der Waals surface area contributed by atoms with Crippen LogP contribution in [0.2, 0.25) is 0 Å². The van der Waals surface area contributed by atoms with Gasteiger partial charge in [0.1, 0.15) is 12.1 Å². The average Bonchev–Trinajstić information content (AvgIpc) is 2.86. The molecule has 6 nitrogen and oxygen atoms in total. The maximum atomic E-state index is 11.9. The number of hydrogen-bond acceptors (Lipinski definition) is 3. The Balaban J connectivity index is 1.81. The van der Waals surface area contributed by atoms with Gasteiger partial charge >= 0.3 is 0 Å². The van der Waals surface area contributed by atoms with Crippen LogP contribution in [-0.4, -0.2) is 40.6 Å². The van der Waals surface area contributed by atoms with Gasteiger partial charge in [-0.25, -0.2) is 0 Å². The Morgan fingerprint density at radius 2 is 1.75 bits per heavy atom. The Morgan fingerprint density at radius 3 is 2.55 bits per heavy atom. The smallest absolute Gasteiger partial charge is 0.245 e. The molecule has 3 rings (SSSR count). The molecule has 1 aromatic carbocycles. The van der Waals surface area contributed by atoms with Crippen molar-refractivity contribution < 1.29 is 14.7 Å². The van der Waals surface area contributed by atoms with E-state index in [9.17, 15) is 9.59 Å². The summed E-state index contributed by atoms with van der Waals surface area (Å²) in [5.74, 6) is -0.620. The van der Waals surface area contributed by atoms with E-state index in [0.29, 0.717) is 6.42 Å². The standard InChI is InChI=1S/C14H15N3O3/c18-7-12-14(20)16-11(13(19)17-12)5-8-6-15-10-4-2-1-3-9(8)10/h1-4,6,11-12,15,18H,5,7H2,(H,16,20)(H,17,19)/t11-,12-/m0/s1. The van der Waals surface area contributed by atoms with Gasteiger partial charge in [0.05, 0.1) is 6.61 Å². The number of carbonyl (C=O) groups excluding carboxylic acids is 2. The van der Waals surface area contributed by atoms with Crippen LogP contribution in [0.4, 0.5) is 0 Å². The lowest BCUT2D eigenvalue weighted by molar-refractivity contribution is -0.137. The lowest BCUT2D eigenvalue weighted by Gasteiger charge is -2.28. The molecule has 104 valence electrons. The third-order valence-corrected chi connectivity index (χ3v) is 3.55. The summed E-state index contributed by atoms with van der Waals surface area (Å²) in [6.45, 7) is -0.391. The number of nitrogens with one attached hydrogen (secondary N) is 3.